The molecule has 1 aromatic carbocycles. The van der Waals surface area contributed by atoms with Crippen molar-refractivity contribution in [3.05, 3.63) is 28.8 Å². The zero-order valence-corrected chi connectivity index (χ0v) is 12.5. The van der Waals surface area contributed by atoms with Crippen LogP contribution in [0.25, 0.3) is 0 Å². The van der Waals surface area contributed by atoms with Crippen LogP contribution in [0.4, 0.5) is 0 Å². The van der Waals surface area contributed by atoms with Gasteiger partial charge in [0, 0.05) is 12.6 Å². The molecule has 3 heteroatoms. The average Bonchev–Trinajstić information content (AvgIpc) is 2.45. The molecule has 0 unspecified atom stereocenters. The summed E-state index contributed by atoms with van der Waals surface area (Å²) in [6.07, 6.45) is 7.75. The number of hydrogen-bond donors (Lipinski definition) is 1. The van der Waals surface area contributed by atoms with Crippen LogP contribution in [-0.2, 0) is 6.54 Å². The topological polar surface area (TPSA) is 21.3 Å². The van der Waals surface area contributed by atoms with Gasteiger partial charge in [0.1, 0.15) is 5.75 Å². The van der Waals surface area contributed by atoms with E-state index < -0.39 is 0 Å². The summed E-state index contributed by atoms with van der Waals surface area (Å²) < 4.78 is 5.58. The Labute approximate surface area is 121 Å². The summed E-state index contributed by atoms with van der Waals surface area (Å²) >= 11 is 6.23. The zero-order valence-electron chi connectivity index (χ0n) is 11.8. The van der Waals surface area contributed by atoms with Crippen LogP contribution in [0, 0.1) is 0 Å². The quantitative estimate of drug-likeness (QED) is 0.826. The fourth-order valence-corrected chi connectivity index (χ4v) is 2.81. The summed E-state index contributed by atoms with van der Waals surface area (Å²) in [5.41, 5.74) is 1.24. The lowest BCUT2D eigenvalue weighted by molar-refractivity contribution is 0.317. The van der Waals surface area contributed by atoms with Gasteiger partial charge in [0.15, 0.2) is 0 Å². The lowest BCUT2D eigenvalue weighted by Crippen LogP contribution is -2.30. The number of benzene rings is 1. The molecule has 0 spiro atoms. The molecule has 19 heavy (non-hydrogen) atoms. The van der Waals surface area contributed by atoms with Gasteiger partial charge in [-0.25, -0.2) is 0 Å². The predicted octanol–water partition coefficient (Wildman–Crippen LogP) is 4.55. The van der Waals surface area contributed by atoms with E-state index in [0.717, 1.165) is 30.3 Å². The minimum absolute atomic E-state index is 0.684. The number of rotatable bonds is 6. The highest BCUT2D eigenvalue weighted by Gasteiger charge is 2.12. The molecule has 0 radical (unpaired) electrons. The van der Waals surface area contributed by atoms with Gasteiger partial charge >= 0.3 is 0 Å². The summed E-state index contributed by atoms with van der Waals surface area (Å²) in [5.74, 6) is 0.796. The Bertz CT molecular complexity index is 388. The van der Waals surface area contributed by atoms with Crippen molar-refractivity contribution in [1.29, 1.82) is 0 Å². The third-order valence-corrected chi connectivity index (χ3v) is 3.95. The first-order valence-corrected chi connectivity index (χ1v) is 7.82. The van der Waals surface area contributed by atoms with Crippen molar-refractivity contribution in [3.8, 4) is 5.75 Å². The Morgan fingerprint density at radius 1 is 1.26 bits per heavy atom. The number of nitrogens with one attached hydrogen (secondary N) is 1. The van der Waals surface area contributed by atoms with Gasteiger partial charge in [0.25, 0.3) is 0 Å². The number of hydrogen-bond acceptors (Lipinski definition) is 2. The molecule has 0 amide bonds. The summed E-state index contributed by atoms with van der Waals surface area (Å²) in [5, 5.41) is 4.35. The molecular formula is C16H24ClNO. The fourth-order valence-electron chi connectivity index (χ4n) is 2.55. The van der Waals surface area contributed by atoms with Crippen molar-refractivity contribution in [2.45, 2.75) is 58.0 Å². The zero-order chi connectivity index (χ0) is 13.5. The molecule has 2 rings (SSSR count). The van der Waals surface area contributed by atoms with Crippen molar-refractivity contribution in [1.82, 2.24) is 5.32 Å². The van der Waals surface area contributed by atoms with Gasteiger partial charge in [0.05, 0.1) is 11.6 Å². The highest BCUT2D eigenvalue weighted by atomic mass is 35.5. The molecule has 0 heterocycles. The van der Waals surface area contributed by atoms with Crippen molar-refractivity contribution in [2.24, 2.45) is 0 Å². The maximum absolute atomic E-state index is 6.23. The van der Waals surface area contributed by atoms with Gasteiger partial charge < -0.3 is 10.1 Å². The van der Waals surface area contributed by atoms with Gasteiger partial charge in [-0.3, -0.25) is 0 Å². The monoisotopic (exact) mass is 281 g/mol. The lowest BCUT2D eigenvalue weighted by atomic mass is 9.95. The van der Waals surface area contributed by atoms with Crippen molar-refractivity contribution in [3.63, 3.8) is 0 Å². The van der Waals surface area contributed by atoms with Crippen LogP contribution in [0.1, 0.15) is 51.0 Å². The SMILES string of the molecule is CCCOc1ccc(CNC2CCCCC2)cc1Cl. The van der Waals surface area contributed by atoms with Gasteiger partial charge in [-0.15, -0.1) is 0 Å². The second-order valence-corrected chi connectivity index (χ2v) is 5.74. The van der Waals surface area contributed by atoms with Crippen LogP contribution in [0.3, 0.4) is 0 Å². The van der Waals surface area contributed by atoms with E-state index >= 15 is 0 Å². The first-order valence-electron chi connectivity index (χ1n) is 7.44. The molecule has 0 bridgehead atoms. The molecule has 1 N–H and O–H groups in total. The van der Waals surface area contributed by atoms with Gasteiger partial charge in [-0.05, 0) is 37.0 Å². The predicted molar refractivity (Wildman–Crippen MR) is 81.0 cm³/mol. The van der Waals surface area contributed by atoms with E-state index in [2.05, 4.69) is 18.3 Å². The van der Waals surface area contributed by atoms with E-state index in [1.807, 2.05) is 12.1 Å². The molecule has 1 aromatic rings. The largest absolute Gasteiger partial charge is 0.492 e. The minimum Gasteiger partial charge on any atom is -0.492 e. The highest BCUT2D eigenvalue weighted by Crippen LogP contribution is 2.26. The van der Waals surface area contributed by atoms with E-state index in [4.69, 9.17) is 16.3 Å². The average molecular weight is 282 g/mol. The standard InChI is InChI=1S/C16H24ClNO/c1-2-10-19-16-9-8-13(11-15(16)17)12-18-14-6-4-3-5-7-14/h8-9,11,14,18H,2-7,10,12H2,1H3. The second kappa shape index (κ2) is 7.76. The molecule has 0 saturated heterocycles. The maximum Gasteiger partial charge on any atom is 0.137 e. The smallest absolute Gasteiger partial charge is 0.137 e. The van der Waals surface area contributed by atoms with E-state index in [1.54, 1.807) is 0 Å². The number of halogens is 1. The van der Waals surface area contributed by atoms with Gasteiger partial charge in [-0.1, -0.05) is 43.9 Å². The molecule has 106 valence electrons. The van der Waals surface area contributed by atoms with Crippen molar-refractivity contribution < 1.29 is 4.74 Å². The van der Waals surface area contributed by atoms with Crippen molar-refractivity contribution >= 4 is 11.6 Å². The lowest BCUT2D eigenvalue weighted by Gasteiger charge is -2.23. The maximum atomic E-state index is 6.23. The minimum atomic E-state index is 0.684. The van der Waals surface area contributed by atoms with E-state index in [0.29, 0.717) is 6.04 Å². The van der Waals surface area contributed by atoms with Crippen LogP contribution in [0.5, 0.6) is 5.75 Å². The Morgan fingerprint density at radius 3 is 2.74 bits per heavy atom. The summed E-state index contributed by atoms with van der Waals surface area (Å²) in [6.45, 7) is 3.72. The third kappa shape index (κ3) is 4.70. The summed E-state index contributed by atoms with van der Waals surface area (Å²) in [7, 11) is 0. The van der Waals surface area contributed by atoms with Crippen LogP contribution in [0.2, 0.25) is 5.02 Å². The first kappa shape index (κ1) is 14.7. The van der Waals surface area contributed by atoms with Gasteiger partial charge in [0.2, 0.25) is 0 Å². The van der Waals surface area contributed by atoms with E-state index in [9.17, 15) is 0 Å². The molecular weight excluding hydrogens is 258 g/mol. The van der Waals surface area contributed by atoms with Gasteiger partial charge in [-0.2, -0.15) is 0 Å². The van der Waals surface area contributed by atoms with Crippen LogP contribution < -0.4 is 10.1 Å². The molecule has 1 saturated carbocycles. The Hall–Kier alpha value is -0.730. The molecule has 0 aromatic heterocycles. The van der Waals surface area contributed by atoms with E-state index in [1.165, 1.54) is 37.7 Å². The first-order chi connectivity index (χ1) is 9.29. The fraction of sp³-hybridized carbons (Fsp3) is 0.625. The second-order valence-electron chi connectivity index (χ2n) is 5.33. The molecule has 1 aliphatic carbocycles. The van der Waals surface area contributed by atoms with Crippen molar-refractivity contribution in [2.75, 3.05) is 6.61 Å². The third-order valence-electron chi connectivity index (χ3n) is 3.66. The summed E-state index contributed by atoms with van der Waals surface area (Å²) in [4.78, 5) is 0. The summed E-state index contributed by atoms with van der Waals surface area (Å²) in [6, 6.07) is 6.79. The highest BCUT2D eigenvalue weighted by molar-refractivity contribution is 6.32. The van der Waals surface area contributed by atoms with Crippen LogP contribution in [-0.4, -0.2) is 12.6 Å². The molecule has 1 fully saturated rings. The Balaban J connectivity index is 1.84. The number of ether oxygens (including phenoxy) is 1. The molecule has 0 aliphatic heterocycles. The Kier molecular flexibility index (Phi) is 5.99. The molecule has 0 atom stereocenters. The Morgan fingerprint density at radius 2 is 2.05 bits per heavy atom. The van der Waals surface area contributed by atoms with Crippen LogP contribution >= 0.6 is 11.6 Å². The molecule has 2 nitrogen and oxygen atoms in total. The normalized spacial score (nSPS) is 16.5. The van der Waals surface area contributed by atoms with E-state index in [-0.39, 0.29) is 0 Å². The van der Waals surface area contributed by atoms with Crippen LogP contribution in [0.15, 0.2) is 18.2 Å². The molecule has 1 aliphatic rings.